The van der Waals surface area contributed by atoms with Crippen molar-refractivity contribution >= 4 is 56.4 Å². The number of rotatable bonds is 10. The van der Waals surface area contributed by atoms with Gasteiger partial charge in [0.2, 0.25) is 21.8 Å². The van der Waals surface area contributed by atoms with Gasteiger partial charge in [0.25, 0.3) is 5.69 Å². The highest BCUT2D eigenvalue weighted by Gasteiger charge is 2.32. The predicted molar refractivity (Wildman–Crippen MR) is 152 cm³/mol. The molecule has 2 amide bonds. The van der Waals surface area contributed by atoms with Crippen molar-refractivity contribution in [3.05, 3.63) is 67.7 Å². The minimum absolute atomic E-state index is 0.00355. The maximum Gasteiger partial charge on any atom is 0.271 e. The molecule has 1 N–H and O–H groups in total. The lowest BCUT2D eigenvalue weighted by Gasteiger charge is -2.33. The van der Waals surface area contributed by atoms with Gasteiger partial charge in [0.05, 0.1) is 16.9 Å². The quantitative estimate of drug-likeness (QED) is 0.307. The average Bonchev–Trinajstić information content (AvgIpc) is 2.86. The second-order valence-electron chi connectivity index (χ2n) is 9.77. The van der Waals surface area contributed by atoms with Gasteiger partial charge in [-0.15, -0.1) is 0 Å². The van der Waals surface area contributed by atoms with Crippen LogP contribution in [0.25, 0.3) is 0 Å². The fourth-order valence-electron chi connectivity index (χ4n) is 4.56. The molecule has 1 fully saturated rings. The Morgan fingerprint density at radius 3 is 2.38 bits per heavy atom. The van der Waals surface area contributed by atoms with E-state index in [1.807, 2.05) is 0 Å². The van der Waals surface area contributed by atoms with Crippen molar-refractivity contribution in [1.82, 2.24) is 10.2 Å². The summed E-state index contributed by atoms with van der Waals surface area (Å²) in [7, 11) is -4.05. The second-order valence-corrected chi connectivity index (χ2v) is 12.5. The van der Waals surface area contributed by atoms with Gasteiger partial charge in [-0.3, -0.25) is 24.0 Å². The molecule has 0 bridgehead atoms. The monoisotopic (exact) mass is 598 g/mol. The van der Waals surface area contributed by atoms with Crippen LogP contribution in [0.15, 0.2) is 36.4 Å². The molecule has 0 aliphatic heterocycles. The molecule has 1 aliphatic carbocycles. The van der Waals surface area contributed by atoms with Crippen LogP contribution in [0.5, 0.6) is 0 Å². The molecule has 0 radical (unpaired) electrons. The van der Waals surface area contributed by atoms with Crippen molar-refractivity contribution in [3.63, 3.8) is 0 Å². The molecule has 212 valence electrons. The molecule has 3 rings (SSSR count). The summed E-state index contributed by atoms with van der Waals surface area (Å²) in [5.74, 6) is -1.04. The first kappa shape index (κ1) is 30.6. The van der Waals surface area contributed by atoms with Gasteiger partial charge in [-0.05, 0) is 49.9 Å². The Hall–Kier alpha value is -2.89. The van der Waals surface area contributed by atoms with Gasteiger partial charge in [-0.25, -0.2) is 8.42 Å². The number of carbonyl (C=O) groups excluding carboxylic acids is 2. The molecule has 10 nitrogen and oxygen atoms in total. The molecule has 0 aromatic heterocycles. The van der Waals surface area contributed by atoms with Gasteiger partial charge in [0.1, 0.15) is 12.6 Å². The van der Waals surface area contributed by atoms with Gasteiger partial charge >= 0.3 is 0 Å². The lowest BCUT2D eigenvalue weighted by molar-refractivity contribution is -0.384. The number of nitro groups is 1. The highest BCUT2D eigenvalue weighted by Crippen LogP contribution is 2.29. The number of halogens is 2. The van der Waals surface area contributed by atoms with Crippen LogP contribution in [0, 0.1) is 17.0 Å². The van der Waals surface area contributed by atoms with Crippen molar-refractivity contribution in [2.75, 3.05) is 17.1 Å². The average molecular weight is 600 g/mol. The van der Waals surface area contributed by atoms with Crippen molar-refractivity contribution in [2.24, 2.45) is 0 Å². The van der Waals surface area contributed by atoms with E-state index < -0.39 is 33.4 Å². The Balaban J connectivity index is 1.96. The number of non-ortho nitro benzene ring substituents is 1. The number of benzene rings is 2. The van der Waals surface area contributed by atoms with Crippen molar-refractivity contribution in [1.29, 1.82) is 0 Å². The van der Waals surface area contributed by atoms with E-state index >= 15 is 0 Å². The number of carbonyl (C=O) groups is 2. The number of amides is 2. The minimum Gasteiger partial charge on any atom is -0.352 e. The summed E-state index contributed by atoms with van der Waals surface area (Å²) in [5.41, 5.74) is 0.629. The summed E-state index contributed by atoms with van der Waals surface area (Å²) < 4.78 is 26.4. The zero-order chi connectivity index (χ0) is 28.9. The van der Waals surface area contributed by atoms with Crippen LogP contribution in [0.3, 0.4) is 0 Å². The first-order valence-corrected chi connectivity index (χ1v) is 15.1. The second kappa shape index (κ2) is 13.0. The molecule has 2 aromatic rings. The third kappa shape index (κ3) is 8.06. The Labute approximate surface area is 238 Å². The van der Waals surface area contributed by atoms with Crippen molar-refractivity contribution in [3.8, 4) is 0 Å². The van der Waals surface area contributed by atoms with Crippen LogP contribution in [0.4, 0.5) is 11.4 Å². The third-order valence-electron chi connectivity index (χ3n) is 6.83. The van der Waals surface area contributed by atoms with E-state index in [1.165, 1.54) is 23.1 Å². The van der Waals surface area contributed by atoms with Gasteiger partial charge in [-0.2, -0.15) is 0 Å². The number of nitrogens with one attached hydrogen (secondary N) is 1. The Kier molecular flexibility index (Phi) is 10.2. The lowest BCUT2D eigenvalue weighted by Crippen LogP contribution is -2.53. The molecule has 1 unspecified atom stereocenters. The highest BCUT2D eigenvalue weighted by atomic mass is 35.5. The summed E-state index contributed by atoms with van der Waals surface area (Å²) in [5, 5.41) is 15.0. The fraction of sp³-hybridized carbons (Fsp3) is 0.462. The number of hydrogen-bond donors (Lipinski definition) is 1. The zero-order valence-electron chi connectivity index (χ0n) is 22.0. The molecule has 0 heterocycles. The normalized spacial score (nSPS) is 14.9. The van der Waals surface area contributed by atoms with E-state index in [0.717, 1.165) is 48.7 Å². The smallest absolute Gasteiger partial charge is 0.271 e. The van der Waals surface area contributed by atoms with Gasteiger partial charge < -0.3 is 10.2 Å². The van der Waals surface area contributed by atoms with Crippen LogP contribution in [0.1, 0.15) is 50.2 Å². The number of nitrogens with zero attached hydrogens (tertiary/aromatic N) is 3. The molecular weight excluding hydrogens is 567 g/mol. The maximum absolute atomic E-state index is 13.8. The number of sulfonamides is 1. The standard InChI is InChI=1S/C26H32Cl2N4O6S/c1-17-9-12-22(32(35)36)14-24(17)31(39(3,37)38)16-25(33)30(15-19-10-11-20(27)13-23(19)28)18(2)26(34)29-21-7-5-4-6-8-21/h9-14,18,21H,4-8,15-16H2,1-3H3,(H,29,34). The molecule has 2 aromatic carbocycles. The van der Waals surface area contributed by atoms with E-state index in [2.05, 4.69) is 5.32 Å². The van der Waals surface area contributed by atoms with Crippen molar-refractivity contribution < 1.29 is 22.9 Å². The molecular formula is C26H32Cl2N4O6S. The SMILES string of the molecule is Cc1ccc([N+](=O)[O-])cc1N(CC(=O)N(Cc1ccc(Cl)cc1Cl)C(C)C(=O)NC1CCCCC1)S(C)(=O)=O. The molecule has 1 atom stereocenters. The van der Waals surface area contributed by atoms with Crippen molar-refractivity contribution in [2.45, 2.75) is 64.6 Å². The molecule has 1 aliphatic rings. The number of nitro benzene ring substituents is 1. The summed E-state index contributed by atoms with van der Waals surface area (Å²) in [4.78, 5) is 39.0. The molecule has 1 saturated carbocycles. The zero-order valence-corrected chi connectivity index (χ0v) is 24.4. The Bertz CT molecular complexity index is 1350. The minimum atomic E-state index is -4.05. The molecule has 0 saturated heterocycles. The number of anilines is 1. The summed E-state index contributed by atoms with van der Waals surface area (Å²) in [6.07, 6.45) is 5.74. The number of hydrogen-bond acceptors (Lipinski definition) is 6. The van der Waals surface area contributed by atoms with E-state index in [9.17, 15) is 28.1 Å². The lowest BCUT2D eigenvalue weighted by atomic mass is 9.95. The van der Waals surface area contributed by atoms with Crippen LogP contribution >= 0.6 is 23.2 Å². The van der Waals surface area contributed by atoms with Gasteiger partial charge in [0.15, 0.2) is 0 Å². The number of aryl methyl sites for hydroxylation is 1. The first-order chi connectivity index (χ1) is 18.3. The Morgan fingerprint density at radius 2 is 1.79 bits per heavy atom. The summed E-state index contributed by atoms with van der Waals surface area (Å²) >= 11 is 12.4. The van der Waals surface area contributed by atoms with Gasteiger partial charge in [0, 0.05) is 34.8 Å². The molecule has 39 heavy (non-hydrogen) atoms. The van der Waals surface area contributed by atoms with E-state index in [4.69, 9.17) is 23.2 Å². The largest absolute Gasteiger partial charge is 0.352 e. The maximum atomic E-state index is 13.8. The summed E-state index contributed by atoms with van der Waals surface area (Å²) in [6, 6.07) is 7.59. The van der Waals surface area contributed by atoms with E-state index in [0.29, 0.717) is 16.1 Å². The van der Waals surface area contributed by atoms with Crippen LogP contribution in [0.2, 0.25) is 10.0 Å². The van der Waals surface area contributed by atoms with E-state index in [-0.39, 0.29) is 34.9 Å². The third-order valence-corrected chi connectivity index (χ3v) is 8.54. The molecule has 13 heteroatoms. The highest BCUT2D eigenvalue weighted by molar-refractivity contribution is 7.92. The van der Waals surface area contributed by atoms with Crippen LogP contribution in [-0.2, 0) is 26.2 Å². The Morgan fingerprint density at radius 1 is 1.13 bits per heavy atom. The predicted octanol–water partition coefficient (Wildman–Crippen LogP) is 4.84. The first-order valence-electron chi connectivity index (χ1n) is 12.5. The topological polar surface area (TPSA) is 130 Å². The fourth-order valence-corrected chi connectivity index (χ4v) is 5.93. The molecule has 0 spiro atoms. The van der Waals surface area contributed by atoms with E-state index in [1.54, 1.807) is 26.0 Å². The van der Waals surface area contributed by atoms with Crippen LogP contribution < -0.4 is 9.62 Å². The van der Waals surface area contributed by atoms with Crippen LogP contribution in [-0.4, -0.2) is 54.9 Å². The van der Waals surface area contributed by atoms with Gasteiger partial charge in [-0.1, -0.05) is 54.6 Å². The summed E-state index contributed by atoms with van der Waals surface area (Å²) in [6.45, 7) is 2.41.